The van der Waals surface area contributed by atoms with E-state index in [4.69, 9.17) is 9.84 Å². The third-order valence-electron chi connectivity index (χ3n) is 3.36. The fourth-order valence-corrected chi connectivity index (χ4v) is 3.71. The average molecular weight is 491 g/mol. The molecule has 138 valence electrons. The van der Waals surface area contributed by atoms with Gasteiger partial charge in [-0.1, -0.05) is 6.07 Å². The predicted molar refractivity (Wildman–Crippen MR) is 102 cm³/mol. The van der Waals surface area contributed by atoms with E-state index in [2.05, 4.69) is 4.74 Å². The minimum atomic E-state index is -1.08. The Balaban J connectivity index is 2.21. The minimum absolute atomic E-state index is 0.181. The largest absolute Gasteiger partial charge is 0.481 e. The van der Waals surface area contributed by atoms with Crippen molar-refractivity contribution in [3.63, 3.8) is 0 Å². The summed E-state index contributed by atoms with van der Waals surface area (Å²) >= 11 is 2.72. The summed E-state index contributed by atoms with van der Waals surface area (Å²) < 4.78 is 10.4. The number of ether oxygens (including phenoxy) is 2. The SMILES string of the molecule is COC(=O)[C@H](C)N1C(=O)S/C(=C/c2ccc(OCC(=O)O)c(I)c2)C1=O. The summed E-state index contributed by atoms with van der Waals surface area (Å²) in [4.78, 5) is 47.7. The molecule has 1 aliphatic rings. The molecule has 0 bridgehead atoms. The molecular formula is C16H14INO7S. The van der Waals surface area contributed by atoms with Crippen LogP contribution >= 0.6 is 34.4 Å². The first-order valence-corrected chi connectivity index (χ1v) is 9.13. The lowest BCUT2D eigenvalue weighted by atomic mass is 10.2. The number of hydrogen-bond donors (Lipinski definition) is 1. The van der Waals surface area contributed by atoms with Crippen molar-refractivity contribution < 1.29 is 33.8 Å². The van der Waals surface area contributed by atoms with Crippen LogP contribution in [0.15, 0.2) is 23.1 Å². The first-order chi connectivity index (χ1) is 12.2. The Labute approximate surface area is 166 Å². The fourth-order valence-electron chi connectivity index (χ4n) is 2.10. The van der Waals surface area contributed by atoms with Crippen LogP contribution < -0.4 is 4.74 Å². The summed E-state index contributed by atoms with van der Waals surface area (Å²) in [5.41, 5.74) is 0.633. The van der Waals surface area contributed by atoms with Crippen LogP contribution in [0.25, 0.3) is 6.08 Å². The van der Waals surface area contributed by atoms with Gasteiger partial charge in [-0.2, -0.15) is 0 Å². The van der Waals surface area contributed by atoms with E-state index >= 15 is 0 Å². The van der Waals surface area contributed by atoms with Crippen molar-refractivity contribution in [1.29, 1.82) is 0 Å². The van der Waals surface area contributed by atoms with Gasteiger partial charge in [0.1, 0.15) is 11.8 Å². The monoisotopic (exact) mass is 491 g/mol. The van der Waals surface area contributed by atoms with Gasteiger partial charge in [0.2, 0.25) is 0 Å². The summed E-state index contributed by atoms with van der Waals surface area (Å²) in [7, 11) is 1.18. The van der Waals surface area contributed by atoms with Crippen molar-refractivity contribution in [3.05, 3.63) is 32.2 Å². The smallest absolute Gasteiger partial charge is 0.341 e. The zero-order chi connectivity index (χ0) is 19.4. The number of hydrogen-bond acceptors (Lipinski definition) is 7. The van der Waals surface area contributed by atoms with Gasteiger partial charge in [-0.15, -0.1) is 0 Å². The van der Waals surface area contributed by atoms with Crippen molar-refractivity contribution in [2.24, 2.45) is 0 Å². The molecule has 0 saturated carbocycles. The lowest BCUT2D eigenvalue weighted by Crippen LogP contribution is -2.42. The number of methoxy groups -OCH3 is 1. The lowest BCUT2D eigenvalue weighted by molar-refractivity contribution is -0.148. The molecule has 8 nitrogen and oxygen atoms in total. The molecule has 1 aliphatic heterocycles. The second-order valence-electron chi connectivity index (χ2n) is 5.12. The number of rotatable bonds is 6. The molecule has 10 heteroatoms. The minimum Gasteiger partial charge on any atom is -0.481 e. The van der Waals surface area contributed by atoms with Gasteiger partial charge in [-0.3, -0.25) is 14.5 Å². The normalized spacial score (nSPS) is 16.7. The molecule has 0 radical (unpaired) electrons. The van der Waals surface area contributed by atoms with Crippen LogP contribution in [0.4, 0.5) is 4.79 Å². The maximum atomic E-state index is 12.4. The standard InChI is InChI=1S/C16H14INO7S/c1-8(15(22)24-2)18-14(21)12(26-16(18)23)6-9-3-4-11(10(17)5-9)25-7-13(19)20/h3-6,8H,7H2,1-2H3,(H,19,20)/b12-6+/t8-/m0/s1. The lowest BCUT2D eigenvalue weighted by Gasteiger charge is -2.18. The Morgan fingerprint density at radius 3 is 2.65 bits per heavy atom. The molecule has 0 unspecified atom stereocenters. The zero-order valence-corrected chi connectivity index (χ0v) is 16.7. The summed E-state index contributed by atoms with van der Waals surface area (Å²) in [6, 6.07) is 3.90. The maximum absolute atomic E-state index is 12.4. The molecule has 1 atom stereocenters. The number of imide groups is 1. The Bertz CT molecular complexity index is 808. The van der Waals surface area contributed by atoms with Crippen LogP contribution in [0, 0.1) is 3.57 Å². The van der Waals surface area contributed by atoms with Crippen LogP contribution in [0.1, 0.15) is 12.5 Å². The number of halogens is 1. The van der Waals surface area contributed by atoms with Crippen LogP contribution in [0.5, 0.6) is 5.75 Å². The predicted octanol–water partition coefficient (Wildman–Crippen LogP) is 2.35. The molecular weight excluding hydrogens is 477 g/mol. The third kappa shape index (κ3) is 4.55. The van der Waals surface area contributed by atoms with Gasteiger partial charge < -0.3 is 14.6 Å². The highest BCUT2D eigenvalue weighted by Gasteiger charge is 2.41. The van der Waals surface area contributed by atoms with Crippen molar-refractivity contribution in [2.75, 3.05) is 13.7 Å². The number of nitrogens with zero attached hydrogens (tertiary/aromatic N) is 1. The van der Waals surface area contributed by atoms with E-state index in [1.54, 1.807) is 18.2 Å². The number of benzene rings is 1. The number of thioether (sulfide) groups is 1. The zero-order valence-electron chi connectivity index (χ0n) is 13.7. The second-order valence-corrected chi connectivity index (χ2v) is 7.28. The molecule has 1 aromatic rings. The van der Waals surface area contributed by atoms with Gasteiger partial charge in [0, 0.05) is 0 Å². The van der Waals surface area contributed by atoms with E-state index < -0.39 is 35.7 Å². The number of carbonyl (C=O) groups is 4. The molecule has 0 spiro atoms. The number of carbonyl (C=O) groups excluding carboxylic acids is 3. The highest BCUT2D eigenvalue weighted by molar-refractivity contribution is 14.1. The third-order valence-corrected chi connectivity index (χ3v) is 5.08. The van der Waals surface area contributed by atoms with E-state index in [1.807, 2.05) is 22.6 Å². The Hall–Kier alpha value is -2.08. The number of carboxylic acid groups (broad SMARTS) is 1. The Morgan fingerprint density at radius 2 is 2.08 bits per heavy atom. The van der Waals surface area contributed by atoms with Crippen LogP contribution in [0.3, 0.4) is 0 Å². The van der Waals surface area contributed by atoms with Crippen molar-refractivity contribution in [3.8, 4) is 5.75 Å². The van der Waals surface area contributed by atoms with Crippen molar-refractivity contribution in [1.82, 2.24) is 4.90 Å². The Kier molecular flexibility index (Phi) is 6.64. The number of esters is 1. The van der Waals surface area contributed by atoms with E-state index in [-0.39, 0.29) is 4.91 Å². The molecule has 2 rings (SSSR count). The number of aliphatic carboxylic acids is 1. The summed E-state index contributed by atoms with van der Waals surface area (Å²) in [5.74, 6) is -1.93. The summed E-state index contributed by atoms with van der Waals surface area (Å²) in [6.07, 6.45) is 1.53. The quantitative estimate of drug-likeness (QED) is 0.367. The number of carboxylic acids is 1. The molecule has 0 aromatic heterocycles. The van der Waals surface area contributed by atoms with Crippen molar-refractivity contribution in [2.45, 2.75) is 13.0 Å². The Morgan fingerprint density at radius 1 is 1.38 bits per heavy atom. The molecule has 1 N–H and O–H groups in total. The van der Waals surface area contributed by atoms with Gasteiger partial charge >= 0.3 is 11.9 Å². The maximum Gasteiger partial charge on any atom is 0.341 e. The van der Waals surface area contributed by atoms with Crippen LogP contribution in [-0.4, -0.2) is 52.8 Å². The second kappa shape index (κ2) is 8.54. The van der Waals surface area contributed by atoms with Gasteiger partial charge in [0.05, 0.1) is 15.6 Å². The van der Waals surface area contributed by atoms with Crippen molar-refractivity contribution >= 4 is 63.5 Å². The molecule has 1 saturated heterocycles. The summed E-state index contributed by atoms with van der Waals surface area (Å²) in [6.45, 7) is 0.961. The van der Waals surface area contributed by atoms with Crippen LogP contribution in [-0.2, 0) is 19.1 Å². The first-order valence-electron chi connectivity index (χ1n) is 7.23. The first kappa shape index (κ1) is 20.2. The topological polar surface area (TPSA) is 110 Å². The van der Waals surface area contributed by atoms with Gasteiger partial charge in [0.25, 0.3) is 11.1 Å². The number of amides is 2. The molecule has 26 heavy (non-hydrogen) atoms. The van der Waals surface area contributed by atoms with E-state index in [0.717, 1.165) is 16.7 Å². The molecule has 1 fully saturated rings. The average Bonchev–Trinajstić information content (AvgIpc) is 2.86. The summed E-state index contributed by atoms with van der Waals surface area (Å²) in [5, 5.41) is 8.10. The fraction of sp³-hybridized carbons (Fsp3) is 0.250. The molecule has 0 aliphatic carbocycles. The van der Waals surface area contributed by atoms with Gasteiger partial charge in [-0.05, 0) is 65.0 Å². The van der Waals surface area contributed by atoms with E-state index in [9.17, 15) is 19.2 Å². The van der Waals surface area contributed by atoms with E-state index in [0.29, 0.717) is 14.9 Å². The highest BCUT2D eigenvalue weighted by Crippen LogP contribution is 2.34. The van der Waals surface area contributed by atoms with Gasteiger partial charge in [0.15, 0.2) is 6.61 Å². The van der Waals surface area contributed by atoms with Crippen LogP contribution in [0.2, 0.25) is 0 Å². The molecule has 1 aromatic carbocycles. The van der Waals surface area contributed by atoms with Gasteiger partial charge in [-0.25, -0.2) is 9.59 Å². The molecule has 2 amide bonds. The highest BCUT2D eigenvalue weighted by atomic mass is 127. The molecule has 1 heterocycles. The van der Waals surface area contributed by atoms with E-state index in [1.165, 1.54) is 20.1 Å².